The summed E-state index contributed by atoms with van der Waals surface area (Å²) in [7, 11) is 0. The number of aromatic nitrogens is 2. The van der Waals surface area contributed by atoms with Crippen molar-refractivity contribution in [1.29, 1.82) is 0 Å². The number of aryl methyl sites for hydroxylation is 2. The second-order valence-electron chi connectivity index (χ2n) is 6.93. The molecule has 1 saturated heterocycles. The molecule has 2 aliphatic rings. The average Bonchev–Trinajstić information content (AvgIpc) is 3.25. The lowest BCUT2D eigenvalue weighted by molar-refractivity contribution is 0.0330. The topological polar surface area (TPSA) is 47.5 Å². The van der Waals surface area contributed by atoms with Crippen LogP contribution in [0.4, 0.5) is 0 Å². The summed E-state index contributed by atoms with van der Waals surface area (Å²) in [6, 6.07) is 7.43. The molecule has 7 heteroatoms. The molecule has 0 unspecified atom stereocenters. The summed E-state index contributed by atoms with van der Waals surface area (Å²) in [5, 5.41) is 1.78. The largest absolute Gasteiger partial charge is 0.438 e. The van der Waals surface area contributed by atoms with Crippen LogP contribution < -0.4 is 4.74 Å². The smallest absolute Gasteiger partial charge is 0.231 e. The van der Waals surface area contributed by atoms with E-state index in [-0.39, 0.29) is 0 Å². The highest BCUT2D eigenvalue weighted by atomic mass is 35.5. The number of morpholine rings is 1. The Morgan fingerprint density at radius 1 is 1.11 bits per heavy atom. The van der Waals surface area contributed by atoms with Crippen LogP contribution in [0.2, 0.25) is 5.02 Å². The van der Waals surface area contributed by atoms with Crippen molar-refractivity contribution in [2.24, 2.45) is 0 Å². The van der Waals surface area contributed by atoms with Crippen LogP contribution in [0.15, 0.2) is 24.3 Å². The van der Waals surface area contributed by atoms with Gasteiger partial charge in [-0.2, -0.15) is 4.98 Å². The van der Waals surface area contributed by atoms with Gasteiger partial charge < -0.3 is 9.47 Å². The molecule has 1 aliphatic carbocycles. The number of fused-ring (bicyclic) bond motifs is 3. The Morgan fingerprint density at radius 3 is 2.74 bits per heavy atom. The monoisotopic (exact) mass is 401 g/mol. The van der Waals surface area contributed by atoms with Crippen molar-refractivity contribution in [2.45, 2.75) is 25.8 Å². The summed E-state index contributed by atoms with van der Waals surface area (Å²) in [6.45, 7) is 4.08. The van der Waals surface area contributed by atoms with E-state index >= 15 is 0 Å². The van der Waals surface area contributed by atoms with Crippen LogP contribution in [0.25, 0.3) is 10.2 Å². The number of nitrogens with zero attached hydrogens (tertiary/aromatic N) is 3. The van der Waals surface area contributed by atoms with Gasteiger partial charge in [0.2, 0.25) is 5.88 Å². The van der Waals surface area contributed by atoms with Crippen molar-refractivity contribution in [1.82, 2.24) is 14.9 Å². The maximum atomic E-state index is 6.21. The number of thiophene rings is 1. The zero-order chi connectivity index (χ0) is 18.2. The van der Waals surface area contributed by atoms with Gasteiger partial charge in [-0.3, -0.25) is 4.90 Å². The van der Waals surface area contributed by atoms with Crippen LogP contribution in [-0.2, 0) is 24.1 Å². The Morgan fingerprint density at radius 2 is 1.93 bits per heavy atom. The Kier molecular flexibility index (Phi) is 4.73. The standard InChI is InChI=1S/C20H20ClN3O2S/c21-13-4-6-14(7-5-13)26-19-18-15-2-1-3-16(15)27-20(18)23-17(22-19)12-24-8-10-25-11-9-24/h4-7H,1-3,8-12H2. The van der Waals surface area contributed by atoms with Gasteiger partial charge in [0.05, 0.1) is 25.1 Å². The van der Waals surface area contributed by atoms with E-state index in [9.17, 15) is 0 Å². The number of hydrogen-bond acceptors (Lipinski definition) is 6. The Bertz CT molecular complexity index is 968. The van der Waals surface area contributed by atoms with Gasteiger partial charge in [0.25, 0.3) is 0 Å². The summed E-state index contributed by atoms with van der Waals surface area (Å²) in [6.07, 6.45) is 3.42. The van der Waals surface area contributed by atoms with Crippen molar-refractivity contribution in [3.63, 3.8) is 0 Å². The fourth-order valence-corrected chi connectivity index (χ4v) is 5.12. The molecule has 3 aromatic rings. The molecule has 3 heterocycles. The predicted molar refractivity (Wildman–Crippen MR) is 107 cm³/mol. The molecular weight excluding hydrogens is 382 g/mol. The quantitative estimate of drug-likeness (QED) is 0.646. The molecule has 0 bridgehead atoms. The molecule has 0 N–H and O–H groups in total. The lowest BCUT2D eigenvalue weighted by Gasteiger charge is -2.25. The maximum Gasteiger partial charge on any atom is 0.231 e. The van der Waals surface area contributed by atoms with Gasteiger partial charge in [0, 0.05) is 23.0 Å². The minimum absolute atomic E-state index is 0.671. The summed E-state index contributed by atoms with van der Waals surface area (Å²) >= 11 is 7.80. The third-order valence-corrected chi connectivity index (χ3v) is 6.51. The van der Waals surface area contributed by atoms with Crippen LogP contribution in [0, 0.1) is 0 Å². The first kappa shape index (κ1) is 17.4. The van der Waals surface area contributed by atoms with E-state index in [4.69, 9.17) is 31.0 Å². The van der Waals surface area contributed by atoms with Crippen molar-refractivity contribution in [3.8, 4) is 11.6 Å². The summed E-state index contributed by atoms with van der Waals surface area (Å²) in [5.41, 5.74) is 1.37. The lowest BCUT2D eigenvalue weighted by atomic mass is 10.2. The highest BCUT2D eigenvalue weighted by Gasteiger charge is 2.24. The minimum Gasteiger partial charge on any atom is -0.438 e. The first-order valence-electron chi connectivity index (χ1n) is 9.31. The fraction of sp³-hybridized carbons (Fsp3) is 0.400. The van der Waals surface area contributed by atoms with Crippen molar-refractivity contribution < 1.29 is 9.47 Å². The number of hydrogen-bond donors (Lipinski definition) is 0. The third kappa shape index (κ3) is 3.55. The zero-order valence-electron chi connectivity index (χ0n) is 14.9. The Balaban J connectivity index is 1.54. The van der Waals surface area contributed by atoms with Gasteiger partial charge in [0.1, 0.15) is 16.4 Å². The Hall–Kier alpha value is -1.73. The first-order chi connectivity index (χ1) is 13.3. The van der Waals surface area contributed by atoms with Crippen LogP contribution in [-0.4, -0.2) is 41.2 Å². The van der Waals surface area contributed by atoms with Crippen molar-refractivity contribution in [3.05, 3.63) is 45.6 Å². The first-order valence-corrected chi connectivity index (χ1v) is 10.5. The molecule has 2 aromatic heterocycles. The van der Waals surface area contributed by atoms with Crippen LogP contribution in [0.5, 0.6) is 11.6 Å². The zero-order valence-corrected chi connectivity index (χ0v) is 16.5. The molecule has 0 atom stereocenters. The molecule has 5 nitrogen and oxygen atoms in total. The second kappa shape index (κ2) is 7.36. The molecular formula is C20H20ClN3O2S. The van der Waals surface area contributed by atoms with Crippen LogP contribution >= 0.6 is 22.9 Å². The Labute approximate surface area is 166 Å². The van der Waals surface area contributed by atoms with Gasteiger partial charge in [-0.15, -0.1) is 11.3 Å². The van der Waals surface area contributed by atoms with E-state index in [1.165, 1.54) is 16.9 Å². The van der Waals surface area contributed by atoms with Gasteiger partial charge in [-0.05, 0) is 49.1 Å². The molecule has 5 rings (SSSR count). The summed E-state index contributed by atoms with van der Waals surface area (Å²) < 4.78 is 11.7. The van der Waals surface area contributed by atoms with Crippen LogP contribution in [0.1, 0.15) is 22.7 Å². The highest BCUT2D eigenvalue weighted by molar-refractivity contribution is 7.19. The highest BCUT2D eigenvalue weighted by Crippen LogP contribution is 2.41. The maximum absolute atomic E-state index is 6.21. The average molecular weight is 402 g/mol. The van der Waals surface area contributed by atoms with E-state index in [0.717, 1.165) is 67.5 Å². The van der Waals surface area contributed by atoms with Gasteiger partial charge >= 0.3 is 0 Å². The normalized spacial score (nSPS) is 17.4. The summed E-state index contributed by atoms with van der Waals surface area (Å²) in [5.74, 6) is 2.23. The number of ether oxygens (including phenoxy) is 2. The molecule has 0 radical (unpaired) electrons. The fourth-order valence-electron chi connectivity index (χ4n) is 3.72. The van der Waals surface area contributed by atoms with E-state index in [0.29, 0.717) is 10.9 Å². The van der Waals surface area contributed by atoms with E-state index in [1.807, 2.05) is 24.3 Å². The number of rotatable bonds is 4. The molecule has 140 valence electrons. The molecule has 0 amide bonds. The van der Waals surface area contributed by atoms with Gasteiger partial charge in [-0.25, -0.2) is 4.98 Å². The predicted octanol–water partition coefficient (Wildman–Crippen LogP) is 4.46. The van der Waals surface area contributed by atoms with E-state index < -0.39 is 0 Å². The minimum atomic E-state index is 0.671. The molecule has 1 aromatic carbocycles. The van der Waals surface area contributed by atoms with Gasteiger partial charge in [-0.1, -0.05) is 11.6 Å². The molecule has 27 heavy (non-hydrogen) atoms. The SMILES string of the molecule is Clc1ccc(Oc2nc(CN3CCOCC3)nc3sc4c(c23)CCC4)cc1. The second-order valence-corrected chi connectivity index (χ2v) is 8.45. The van der Waals surface area contributed by atoms with Crippen LogP contribution in [0.3, 0.4) is 0 Å². The molecule has 0 saturated carbocycles. The summed E-state index contributed by atoms with van der Waals surface area (Å²) in [4.78, 5) is 14.5. The number of halogens is 1. The van der Waals surface area contributed by atoms with Crippen molar-refractivity contribution in [2.75, 3.05) is 26.3 Å². The van der Waals surface area contributed by atoms with E-state index in [2.05, 4.69) is 4.90 Å². The molecule has 1 aliphatic heterocycles. The van der Waals surface area contributed by atoms with Gasteiger partial charge in [0.15, 0.2) is 0 Å². The van der Waals surface area contributed by atoms with E-state index in [1.54, 1.807) is 11.3 Å². The molecule has 0 spiro atoms. The third-order valence-electron chi connectivity index (χ3n) is 5.07. The lowest BCUT2D eigenvalue weighted by Crippen LogP contribution is -2.36. The van der Waals surface area contributed by atoms with Crippen molar-refractivity contribution >= 4 is 33.2 Å². The number of benzene rings is 1. The molecule has 1 fully saturated rings.